The van der Waals surface area contributed by atoms with E-state index >= 15 is 0 Å². The van der Waals surface area contributed by atoms with Crippen molar-refractivity contribution in [2.75, 3.05) is 11.9 Å². The number of imidazole rings is 1. The lowest BCUT2D eigenvalue weighted by Gasteiger charge is -2.24. The van der Waals surface area contributed by atoms with E-state index in [9.17, 15) is 4.79 Å². The molecular weight excluding hydrogens is 654 g/mol. The highest BCUT2D eigenvalue weighted by Crippen LogP contribution is 2.44. The number of aromatic nitrogens is 5. The zero-order chi connectivity index (χ0) is 35.6. The molecule has 1 aliphatic carbocycles. The molecule has 11 heteroatoms. The van der Waals surface area contributed by atoms with Crippen molar-refractivity contribution >= 4 is 33.8 Å². The topological polar surface area (TPSA) is 117 Å². The van der Waals surface area contributed by atoms with Crippen LogP contribution in [-0.4, -0.2) is 66.7 Å². The molecule has 3 fully saturated rings. The van der Waals surface area contributed by atoms with Gasteiger partial charge in [0.2, 0.25) is 0 Å². The van der Waals surface area contributed by atoms with Gasteiger partial charge < -0.3 is 29.4 Å². The van der Waals surface area contributed by atoms with Crippen LogP contribution in [0.25, 0.3) is 33.3 Å². The largest absolute Gasteiger partial charge is 0.368 e. The third-order valence-corrected chi connectivity index (χ3v) is 10.5. The normalized spacial score (nSPS) is 22.2. The number of fused-ring (bicyclic) bond motifs is 3. The lowest BCUT2D eigenvalue weighted by Crippen LogP contribution is -2.43. The monoisotopic (exact) mass is 697 g/mol. The van der Waals surface area contributed by atoms with Crippen molar-refractivity contribution in [1.29, 1.82) is 0 Å². The number of carbonyl (C=O) groups excluding carboxylic acids is 1. The first-order valence-corrected chi connectivity index (χ1v) is 18.2. The summed E-state index contributed by atoms with van der Waals surface area (Å²) in [6, 6.07) is 26.2. The molecule has 2 saturated heterocycles. The van der Waals surface area contributed by atoms with Gasteiger partial charge in [0, 0.05) is 30.0 Å². The number of carbonyl (C=O) groups is 1. The highest BCUT2D eigenvalue weighted by molar-refractivity contribution is 5.92. The van der Waals surface area contributed by atoms with Crippen molar-refractivity contribution in [1.82, 2.24) is 29.4 Å². The summed E-state index contributed by atoms with van der Waals surface area (Å²) in [5.74, 6) is -0.396. The van der Waals surface area contributed by atoms with Gasteiger partial charge in [-0.25, -0.2) is 15.0 Å². The summed E-state index contributed by atoms with van der Waals surface area (Å²) in [5, 5.41) is 7.88. The first-order valence-electron chi connectivity index (χ1n) is 18.2. The van der Waals surface area contributed by atoms with Crippen molar-refractivity contribution in [3.05, 3.63) is 108 Å². The Morgan fingerprint density at radius 1 is 0.942 bits per heavy atom. The Kier molecular flexibility index (Phi) is 8.09. The molecule has 9 rings (SSSR count). The van der Waals surface area contributed by atoms with E-state index in [0.29, 0.717) is 23.5 Å². The van der Waals surface area contributed by atoms with Crippen molar-refractivity contribution in [3.63, 3.8) is 0 Å². The maximum absolute atomic E-state index is 13.2. The van der Waals surface area contributed by atoms with E-state index in [2.05, 4.69) is 112 Å². The van der Waals surface area contributed by atoms with E-state index < -0.39 is 30.3 Å². The first kappa shape index (κ1) is 32.8. The first-order chi connectivity index (χ1) is 25.2. The average molecular weight is 698 g/mol. The molecule has 0 radical (unpaired) electrons. The Hall–Kier alpha value is -5.10. The molecule has 1 amide bonds. The van der Waals surface area contributed by atoms with Crippen molar-refractivity contribution in [2.24, 2.45) is 0 Å². The molecule has 3 aromatic heterocycles. The van der Waals surface area contributed by atoms with Crippen LogP contribution in [0.2, 0.25) is 0 Å². The van der Waals surface area contributed by atoms with E-state index in [1.165, 1.54) is 50.7 Å². The summed E-state index contributed by atoms with van der Waals surface area (Å²) < 4.78 is 23.2. The third-order valence-electron chi connectivity index (χ3n) is 10.5. The van der Waals surface area contributed by atoms with Crippen LogP contribution in [0.1, 0.15) is 55.2 Å². The minimum absolute atomic E-state index is 0.173. The summed E-state index contributed by atoms with van der Waals surface area (Å²) >= 11 is 0. The Morgan fingerprint density at radius 3 is 2.56 bits per heavy atom. The fraction of sp³-hybridized carbons (Fsp3) is 0.366. The summed E-state index contributed by atoms with van der Waals surface area (Å²) in [7, 11) is 0. The molecular formula is C41H43N7O4. The Balaban J connectivity index is 1.02. The van der Waals surface area contributed by atoms with Gasteiger partial charge in [-0.15, -0.1) is 0 Å². The summed E-state index contributed by atoms with van der Waals surface area (Å²) in [6.07, 6.45) is 3.45. The highest BCUT2D eigenvalue weighted by atomic mass is 16.8. The van der Waals surface area contributed by atoms with E-state index in [1.54, 1.807) is 6.33 Å². The summed E-state index contributed by atoms with van der Waals surface area (Å²) in [4.78, 5) is 27.2. The van der Waals surface area contributed by atoms with Crippen LogP contribution in [0, 0.1) is 13.8 Å². The molecule has 2 aliphatic heterocycles. The van der Waals surface area contributed by atoms with Crippen molar-refractivity contribution < 1.29 is 19.0 Å². The maximum atomic E-state index is 13.2. The number of nitrogens with zero attached hydrogens (tertiary/aromatic N) is 5. The second-order valence-electron chi connectivity index (χ2n) is 14.7. The van der Waals surface area contributed by atoms with Crippen molar-refractivity contribution in [3.8, 4) is 11.3 Å². The molecule has 52 heavy (non-hydrogen) atoms. The molecule has 0 unspecified atom stereocenters. The van der Waals surface area contributed by atoms with Gasteiger partial charge in [0.15, 0.2) is 35.1 Å². The molecule has 0 bridgehead atoms. The maximum Gasteiger partial charge on any atom is 0.252 e. The van der Waals surface area contributed by atoms with Crippen LogP contribution in [0.5, 0.6) is 0 Å². The van der Waals surface area contributed by atoms with Crippen LogP contribution in [0.3, 0.4) is 0 Å². The Bertz CT molecular complexity index is 2290. The molecule has 1 saturated carbocycles. The molecule has 2 N–H and O–H groups in total. The molecule has 11 nitrogen and oxygen atoms in total. The quantitative estimate of drug-likeness (QED) is 0.168. The highest BCUT2D eigenvalue weighted by Gasteiger charge is 2.58. The van der Waals surface area contributed by atoms with Crippen LogP contribution in [-0.2, 0) is 32.0 Å². The molecule has 266 valence electrons. The van der Waals surface area contributed by atoms with Gasteiger partial charge in [0.25, 0.3) is 5.91 Å². The lowest BCUT2D eigenvalue weighted by molar-refractivity contribution is -0.197. The number of hydrogen-bond acceptors (Lipinski definition) is 8. The Labute approximate surface area is 302 Å². The van der Waals surface area contributed by atoms with Gasteiger partial charge in [-0.05, 0) is 75.3 Å². The minimum atomic E-state index is -0.853. The van der Waals surface area contributed by atoms with E-state index in [4.69, 9.17) is 19.2 Å². The second-order valence-corrected chi connectivity index (χ2v) is 14.7. The smallest absolute Gasteiger partial charge is 0.252 e. The van der Waals surface area contributed by atoms with Crippen molar-refractivity contribution in [2.45, 2.75) is 89.9 Å². The number of para-hydroxylation sites is 1. The second kappa shape index (κ2) is 12.8. The SMILES string of the molecule is Cc1ccc(C)c(Cn2c(-c3ccccc3)c(CCNc3ncnc4c3ncn4[C@@H]3O[C@H](C(=O)NC4CC4)[C@H]4OC(C)(C)O[C@H]43)c3ccccc32)c1. The molecule has 6 aromatic rings. The molecule has 5 heterocycles. The molecule has 4 atom stereocenters. The minimum Gasteiger partial charge on any atom is -0.368 e. The van der Waals surface area contributed by atoms with Gasteiger partial charge in [-0.3, -0.25) is 9.36 Å². The number of rotatable bonds is 10. The van der Waals surface area contributed by atoms with Gasteiger partial charge in [-0.1, -0.05) is 72.3 Å². The van der Waals surface area contributed by atoms with Gasteiger partial charge in [-0.2, -0.15) is 0 Å². The predicted octanol–water partition coefficient (Wildman–Crippen LogP) is 6.46. The zero-order valence-electron chi connectivity index (χ0n) is 29.9. The number of aryl methyl sites for hydroxylation is 2. The number of hydrogen-bond donors (Lipinski definition) is 2. The predicted molar refractivity (Wildman–Crippen MR) is 199 cm³/mol. The van der Waals surface area contributed by atoms with Crippen LogP contribution >= 0.6 is 0 Å². The van der Waals surface area contributed by atoms with Gasteiger partial charge in [0.1, 0.15) is 18.5 Å². The van der Waals surface area contributed by atoms with E-state index in [-0.39, 0.29) is 11.9 Å². The average Bonchev–Trinajstić information content (AvgIpc) is 3.45. The number of nitrogens with one attached hydrogen (secondary N) is 2. The molecule has 3 aliphatic rings. The third kappa shape index (κ3) is 5.92. The fourth-order valence-corrected chi connectivity index (χ4v) is 7.86. The van der Waals surface area contributed by atoms with Gasteiger partial charge >= 0.3 is 0 Å². The summed E-state index contributed by atoms with van der Waals surface area (Å²) in [6.45, 7) is 9.45. The zero-order valence-corrected chi connectivity index (χ0v) is 29.9. The van der Waals surface area contributed by atoms with E-state index in [1.807, 2.05) is 18.4 Å². The Morgan fingerprint density at radius 2 is 1.73 bits per heavy atom. The number of ether oxygens (including phenoxy) is 3. The van der Waals surface area contributed by atoms with Crippen LogP contribution in [0.4, 0.5) is 5.82 Å². The lowest BCUT2D eigenvalue weighted by atomic mass is 10.0. The van der Waals surface area contributed by atoms with Gasteiger partial charge in [0.05, 0.1) is 12.0 Å². The number of benzene rings is 3. The number of amides is 1. The van der Waals surface area contributed by atoms with E-state index in [0.717, 1.165) is 25.8 Å². The standard InChI is InChI=1S/C41H43N7O4/c1-24-14-15-25(2)27(20-24)21-47-31-13-9-8-12-29(31)30(33(47)26-10-6-5-7-11-26)18-19-42-37-32-38(44-22-43-37)48(23-45-32)40-36-34(51-41(3,4)52-36)35(50-40)39(49)46-28-16-17-28/h5-15,20,22-23,28,34-36,40H,16-19,21H2,1-4H3,(H,46,49)(H,42,43,44)/t34-,35+,36-,40-/m1/s1. The fourth-order valence-electron chi connectivity index (χ4n) is 7.86. The molecule has 3 aromatic carbocycles. The van der Waals surface area contributed by atoms with Crippen LogP contribution in [0.15, 0.2) is 85.5 Å². The molecule has 0 spiro atoms. The number of anilines is 1. The van der Waals surface area contributed by atoms with Crippen LogP contribution < -0.4 is 10.6 Å². The summed E-state index contributed by atoms with van der Waals surface area (Å²) in [5.41, 5.74) is 9.95.